The second-order valence-corrected chi connectivity index (χ2v) is 6.14. The molecular weight excluding hydrogens is 399 g/mol. The standard InChI is InChI=1S/C16H11ClF3N7O/c17-10-3-1-9(2-4-10)14-22-13(28-26-14)7-8-21-11-5-6-12-23-24-15(16(18,19)20)27(12)25-11/h1-6H,7-8H2,(H,21,25). The summed E-state index contributed by atoms with van der Waals surface area (Å²) in [5, 5.41) is 17.9. The van der Waals surface area contributed by atoms with Gasteiger partial charge < -0.3 is 9.84 Å². The molecule has 1 N–H and O–H groups in total. The van der Waals surface area contributed by atoms with Gasteiger partial charge in [-0.1, -0.05) is 16.8 Å². The Bertz CT molecular complexity index is 1110. The van der Waals surface area contributed by atoms with E-state index in [0.717, 1.165) is 5.56 Å². The fourth-order valence-corrected chi connectivity index (χ4v) is 2.56. The van der Waals surface area contributed by atoms with Crippen LogP contribution < -0.4 is 5.32 Å². The lowest BCUT2D eigenvalue weighted by Crippen LogP contribution is -2.14. The van der Waals surface area contributed by atoms with Gasteiger partial charge in [0.2, 0.25) is 11.7 Å². The lowest BCUT2D eigenvalue weighted by Gasteiger charge is -2.06. The van der Waals surface area contributed by atoms with Crippen molar-refractivity contribution in [3.8, 4) is 11.4 Å². The molecule has 0 saturated heterocycles. The quantitative estimate of drug-likeness (QED) is 0.539. The number of fused-ring (bicyclic) bond motifs is 1. The lowest BCUT2D eigenvalue weighted by atomic mass is 10.2. The van der Waals surface area contributed by atoms with Crippen molar-refractivity contribution in [1.29, 1.82) is 0 Å². The van der Waals surface area contributed by atoms with E-state index >= 15 is 0 Å². The zero-order valence-electron chi connectivity index (χ0n) is 14.0. The average Bonchev–Trinajstić information content (AvgIpc) is 3.28. The molecular formula is C16H11ClF3N7O. The molecule has 0 aliphatic carbocycles. The molecule has 1 aromatic carbocycles. The van der Waals surface area contributed by atoms with Gasteiger partial charge in [0.1, 0.15) is 5.82 Å². The fourth-order valence-electron chi connectivity index (χ4n) is 2.43. The average molecular weight is 410 g/mol. The molecule has 3 heterocycles. The van der Waals surface area contributed by atoms with Crippen LogP contribution in [0.5, 0.6) is 0 Å². The van der Waals surface area contributed by atoms with E-state index in [1.165, 1.54) is 12.1 Å². The van der Waals surface area contributed by atoms with Crippen LogP contribution in [-0.4, -0.2) is 36.5 Å². The van der Waals surface area contributed by atoms with E-state index in [-0.39, 0.29) is 11.5 Å². The Morgan fingerprint density at radius 3 is 2.61 bits per heavy atom. The van der Waals surface area contributed by atoms with Crippen molar-refractivity contribution < 1.29 is 17.7 Å². The third kappa shape index (κ3) is 3.74. The molecule has 0 spiro atoms. The second kappa shape index (κ2) is 7.08. The maximum atomic E-state index is 12.9. The number of alkyl halides is 3. The molecule has 8 nitrogen and oxygen atoms in total. The minimum absolute atomic E-state index is 0.00221. The van der Waals surface area contributed by atoms with E-state index in [1.807, 2.05) is 0 Å². The molecule has 0 unspecified atom stereocenters. The maximum absolute atomic E-state index is 12.9. The summed E-state index contributed by atoms with van der Waals surface area (Å²) in [4.78, 5) is 4.27. The van der Waals surface area contributed by atoms with Gasteiger partial charge in [-0.2, -0.15) is 22.7 Å². The van der Waals surface area contributed by atoms with Crippen LogP contribution in [0.4, 0.5) is 19.0 Å². The number of rotatable bonds is 5. The smallest absolute Gasteiger partial charge is 0.368 e. The van der Waals surface area contributed by atoms with Gasteiger partial charge >= 0.3 is 6.18 Å². The molecule has 28 heavy (non-hydrogen) atoms. The summed E-state index contributed by atoms with van der Waals surface area (Å²) in [7, 11) is 0. The Kier molecular flexibility index (Phi) is 4.59. The van der Waals surface area contributed by atoms with Crippen LogP contribution in [0.25, 0.3) is 17.0 Å². The molecule has 0 radical (unpaired) electrons. The lowest BCUT2D eigenvalue weighted by molar-refractivity contribution is -0.146. The summed E-state index contributed by atoms with van der Waals surface area (Å²) in [6, 6.07) is 9.88. The van der Waals surface area contributed by atoms with E-state index in [9.17, 15) is 13.2 Å². The predicted octanol–water partition coefficient (Wildman–Crippen LogP) is 3.50. The largest absolute Gasteiger partial charge is 0.453 e. The van der Waals surface area contributed by atoms with Gasteiger partial charge in [-0.15, -0.1) is 15.3 Å². The molecule has 0 aliphatic rings. The Hall–Kier alpha value is -3.21. The van der Waals surface area contributed by atoms with Gasteiger partial charge in [0, 0.05) is 23.6 Å². The number of nitrogens with zero attached hydrogens (tertiary/aromatic N) is 6. The first-order valence-electron chi connectivity index (χ1n) is 8.02. The highest BCUT2D eigenvalue weighted by Crippen LogP contribution is 2.27. The summed E-state index contributed by atoms with van der Waals surface area (Å²) in [5.41, 5.74) is 0.758. The Balaban J connectivity index is 1.42. The van der Waals surface area contributed by atoms with Crippen molar-refractivity contribution >= 4 is 23.1 Å². The minimum Gasteiger partial charge on any atom is -0.368 e. The summed E-state index contributed by atoms with van der Waals surface area (Å²) >= 11 is 5.84. The Labute approximate surface area is 160 Å². The third-order valence-electron chi connectivity index (χ3n) is 3.73. The van der Waals surface area contributed by atoms with Crippen LogP contribution in [-0.2, 0) is 12.6 Å². The SMILES string of the molecule is FC(F)(F)c1nnc2ccc(NCCc3nc(-c4ccc(Cl)cc4)no3)nn12. The molecule has 3 aromatic heterocycles. The van der Waals surface area contributed by atoms with Gasteiger partial charge in [0.25, 0.3) is 5.82 Å². The fraction of sp³-hybridized carbons (Fsp3) is 0.188. The Morgan fingerprint density at radius 1 is 1.07 bits per heavy atom. The first-order chi connectivity index (χ1) is 13.4. The van der Waals surface area contributed by atoms with Crippen LogP contribution in [0.3, 0.4) is 0 Å². The maximum Gasteiger partial charge on any atom is 0.453 e. The number of halogens is 4. The van der Waals surface area contributed by atoms with E-state index < -0.39 is 12.0 Å². The number of aromatic nitrogens is 6. The first-order valence-corrected chi connectivity index (χ1v) is 8.40. The van der Waals surface area contributed by atoms with Crippen molar-refractivity contribution in [3.63, 3.8) is 0 Å². The van der Waals surface area contributed by atoms with Crippen LogP contribution in [0.2, 0.25) is 5.02 Å². The molecule has 12 heteroatoms. The molecule has 0 amide bonds. The number of anilines is 1. The minimum atomic E-state index is -4.65. The predicted molar refractivity (Wildman–Crippen MR) is 92.7 cm³/mol. The number of hydrogen-bond donors (Lipinski definition) is 1. The van der Waals surface area contributed by atoms with Gasteiger partial charge in [0.05, 0.1) is 0 Å². The summed E-state index contributed by atoms with van der Waals surface area (Å²) in [5.74, 6) is -0.157. The van der Waals surface area contributed by atoms with Crippen molar-refractivity contribution in [2.75, 3.05) is 11.9 Å². The van der Waals surface area contributed by atoms with Crippen molar-refractivity contribution in [1.82, 2.24) is 30.0 Å². The highest BCUT2D eigenvalue weighted by atomic mass is 35.5. The zero-order chi connectivity index (χ0) is 19.7. The Morgan fingerprint density at radius 2 is 1.86 bits per heavy atom. The van der Waals surface area contributed by atoms with Crippen molar-refractivity contribution in [3.05, 3.63) is 53.1 Å². The van der Waals surface area contributed by atoms with Crippen LogP contribution in [0.1, 0.15) is 11.7 Å². The van der Waals surface area contributed by atoms with Gasteiger partial charge in [0.15, 0.2) is 5.65 Å². The molecule has 0 atom stereocenters. The molecule has 0 bridgehead atoms. The van der Waals surface area contributed by atoms with Crippen molar-refractivity contribution in [2.45, 2.75) is 12.6 Å². The van der Waals surface area contributed by atoms with E-state index in [0.29, 0.717) is 34.2 Å². The summed E-state index contributed by atoms with van der Waals surface area (Å²) in [6.45, 7) is 0.324. The van der Waals surface area contributed by atoms with Crippen LogP contribution in [0.15, 0.2) is 40.9 Å². The number of nitrogens with one attached hydrogen (secondary N) is 1. The molecule has 0 saturated carbocycles. The number of hydrogen-bond acceptors (Lipinski definition) is 7. The molecule has 4 rings (SSSR count). The molecule has 144 valence electrons. The normalized spacial score (nSPS) is 11.9. The molecule has 4 aromatic rings. The van der Waals surface area contributed by atoms with Crippen LogP contribution >= 0.6 is 11.6 Å². The topological polar surface area (TPSA) is 94.0 Å². The summed E-state index contributed by atoms with van der Waals surface area (Å²) < 4.78 is 44.5. The highest BCUT2D eigenvalue weighted by Gasteiger charge is 2.37. The zero-order valence-corrected chi connectivity index (χ0v) is 14.7. The van der Waals surface area contributed by atoms with E-state index in [1.54, 1.807) is 24.3 Å². The van der Waals surface area contributed by atoms with Gasteiger partial charge in [-0.3, -0.25) is 0 Å². The first kappa shape index (κ1) is 18.2. The van der Waals surface area contributed by atoms with Gasteiger partial charge in [-0.05, 0) is 36.4 Å². The van der Waals surface area contributed by atoms with E-state index in [2.05, 4.69) is 30.8 Å². The third-order valence-corrected chi connectivity index (χ3v) is 3.98. The van der Waals surface area contributed by atoms with E-state index in [4.69, 9.17) is 16.1 Å². The summed E-state index contributed by atoms with van der Waals surface area (Å²) in [6.07, 6.45) is -4.29. The van der Waals surface area contributed by atoms with Gasteiger partial charge in [-0.25, -0.2) is 0 Å². The second-order valence-electron chi connectivity index (χ2n) is 5.71. The molecule has 0 fully saturated rings. The van der Waals surface area contributed by atoms with Crippen LogP contribution in [0, 0.1) is 0 Å². The number of benzene rings is 1. The monoisotopic (exact) mass is 409 g/mol. The van der Waals surface area contributed by atoms with Crippen molar-refractivity contribution in [2.24, 2.45) is 0 Å². The highest BCUT2D eigenvalue weighted by molar-refractivity contribution is 6.30. The molecule has 0 aliphatic heterocycles.